The lowest BCUT2D eigenvalue weighted by Crippen LogP contribution is -2.11. The Morgan fingerprint density at radius 2 is 1.91 bits per heavy atom. The fraction of sp³-hybridized carbons (Fsp3) is 0.0833. The zero-order valence-electron chi connectivity index (χ0n) is 17.4. The molecule has 0 bridgehead atoms. The summed E-state index contributed by atoms with van der Waals surface area (Å²) < 4.78 is 6.40. The Balaban J connectivity index is 1.50. The summed E-state index contributed by atoms with van der Waals surface area (Å²) >= 11 is 8.76. The lowest BCUT2D eigenvalue weighted by Gasteiger charge is -2.03. The van der Waals surface area contributed by atoms with E-state index in [0.29, 0.717) is 27.8 Å². The van der Waals surface area contributed by atoms with Crippen molar-refractivity contribution in [1.82, 2.24) is 15.0 Å². The number of alkyl halides is 1. The minimum atomic E-state index is -0.234. The number of ether oxygens (including phenoxy) is 1. The number of hydrogen-bond donors (Lipinski definition) is 1. The molecule has 3 aromatic heterocycles. The van der Waals surface area contributed by atoms with Crippen LogP contribution in [-0.4, -0.2) is 28.0 Å². The molecule has 5 rings (SSSR count). The van der Waals surface area contributed by atoms with E-state index >= 15 is 0 Å². The van der Waals surface area contributed by atoms with Gasteiger partial charge in [0.25, 0.3) is 5.91 Å². The summed E-state index contributed by atoms with van der Waals surface area (Å²) in [4.78, 5) is 26.5. The number of benzene rings is 2. The molecule has 5 aromatic rings. The summed E-state index contributed by atoms with van der Waals surface area (Å²) in [6, 6.07) is 16.8. The molecule has 1 N–H and O–H groups in total. The lowest BCUT2D eigenvalue weighted by molar-refractivity contribution is 0.102. The molecule has 9 heteroatoms. The lowest BCUT2D eigenvalue weighted by atomic mass is 10.1. The number of nitrogens with one attached hydrogen (secondary N) is 1. The normalized spacial score (nSPS) is 11.0. The molecule has 0 spiro atoms. The van der Waals surface area contributed by atoms with E-state index in [1.807, 2.05) is 47.8 Å². The molecule has 0 atom stereocenters. The third-order valence-electron chi connectivity index (χ3n) is 4.98. The Hall–Kier alpha value is -3.33. The van der Waals surface area contributed by atoms with Crippen LogP contribution in [0.5, 0.6) is 5.75 Å². The van der Waals surface area contributed by atoms with Crippen molar-refractivity contribution in [3.05, 3.63) is 77.3 Å². The number of anilines is 1. The Morgan fingerprint density at radius 3 is 2.64 bits per heavy atom. The second-order valence-electron chi connectivity index (χ2n) is 7.05. The van der Waals surface area contributed by atoms with Crippen molar-refractivity contribution in [2.24, 2.45) is 0 Å². The Bertz CT molecular complexity index is 1430. The molecule has 0 radical (unpaired) electrons. The van der Waals surface area contributed by atoms with E-state index in [1.165, 1.54) is 22.7 Å². The molecule has 6 nitrogen and oxygen atoms in total. The largest absolute Gasteiger partial charge is 0.494 e. The number of fused-ring (bicyclic) bond motifs is 1. The van der Waals surface area contributed by atoms with E-state index in [-0.39, 0.29) is 5.91 Å². The topological polar surface area (TPSA) is 77.0 Å². The van der Waals surface area contributed by atoms with Crippen LogP contribution in [0.1, 0.15) is 15.9 Å². The van der Waals surface area contributed by atoms with Crippen molar-refractivity contribution in [3.8, 4) is 27.7 Å². The van der Waals surface area contributed by atoms with Gasteiger partial charge in [-0.15, -0.1) is 22.9 Å². The van der Waals surface area contributed by atoms with Gasteiger partial charge in [0.15, 0.2) is 5.13 Å². The Morgan fingerprint density at radius 1 is 1.06 bits per heavy atom. The average molecular weight is 493 g/mol. The van der Waals surface area contributed by atoms with Crippen LogP contribution in [-0.2, 0) is 5.88 Å². The molecule has 0 fully saturated rings. The number of aromatic nitrogens is 3. The van der Waals surface area contributed by atoms with E-state index in [1.54, 1.807) is 25.4 Å². The van der Waals surface area contributed by atoms with Gasteiger partial charge in [-0.25, -0.2) is 9.97 Å². The fourth-order valence-electron chi connectivity index (χ4n) is 3.32. The predicted molar refractivity (Wildman–Crippen MR) is 134 cm³/mol. The highest BCUT2D eigenvalue weighted by Crippen LogP contribution is 2.40. The van der Waals surface area contributed by atoms with Crippen molar-refractivity contribution in [1.29, 1.82) is 0 Å². The van der Waals surface area contributed by atoms with E-state index in [9.17, 15) is 4.79 Å². The summed E-state index contributed by atoms with van der Waals surface area (Å²) in [5, 5.41) is 6.23. The van der Waals surface area contributed by atoms with Gasteiger partial charge in [-0.05, 0) is 42.0 Å². The van der Waals surface area contributed by atoms with Gasteiger partial charge in [0.05, 0.1) is 23.2 Å². The average Bonchev–Trinajstić information content (AvgIpc) is 3.51. The van der Waals surface area contributed by atoms with Gasteiger partial charge in [0, 0.05) is 28.6 Å². The second kappa shape index (κ2) is 9.27. The maximum atomic E-state index is 12.7. The number of thiazole rings is 2. The smallest absolute Gasteiger partial charge is 0.257 e. The van der Waals surface area contributed by atoms with Crippen molar-refractivity contribution in [3.63, 3.8) is 0 Å². The van der Waals surface area contributed by atoms with Crippen LogP contribution in [0.2, 0.25) is 0 Å². The van der Waals surface area contributed by atoms with Crippen LogP contribution >= 0.6 is 34.3 Å². The molecule has 0 aliphatic heterocycles. The van der Waals surface area contributed by atoms with Crippen LogP contribution in [0.25, 0.3) is 32.2 Å². The third kappa shape index (κ3) is 4.32. The van der Waals surface area contributed by atoms with Crippen molar-refractivity contribution < 1.29 is 9.53 Å². The van der Waals surface area contributed by atoms with Crippen LogP contribution in [0, 0.1) is 0 Å². The number of methoxy groups -OCH3 is 1. The highest BCUT2D eigenvalue weighted by molar-refractivity contribution is 7.23. The van der Waals surface area contributed by atoms with Gasteiger partial charge in [-0.1, -0.05) is 29.5 Å². The Kier molecular flexibility index (Phi) is 6.04. The van der Waals surface area contributed by atoms with Crippen molar-refractivity contribution in [2.45, 2.75) is 5.88 Å². The van der Waals surface area contributed by atoms with Gasteiger partial charge in [0.2, 0.25) is 0 Å². The molecule has 2 aromatic carbocycles. The van der Waals surface area contributed by atoms with Gasteiger partial charge in [-0.3, -0.25) is 15.1 Å². The van der Waals surface area contributed by atoms with Crippen LogP contribution in [0.15, 0.2) is 66.2 Å². The minimum absolute atomic E-state index is 0.234. The van der Waals surface area contributed by atoms with Crippen LogP contribution in [0.4, 0.5) is 5.13 Å². The van der Waals surface area contributed by atoms with Crippen LogP contribution < -0.4 is 10.1 Å². The molecule has 164 valence electrons. The molecule has 0 aliphatic rings. The maximum absolute atomic E-state index is 12.7. The van der Waals surface area contributed by atoms with E-state index in [0.717, 1.165) is 32.2 Å². The maximum Gasteiger partial charge on any atom is 0.257 e. The highest BCUT2D eigenvalue weighted by Gasteiger charge is 2.18. The molecule has 33 heavy (non-hydrogen) atoms. The molecule has 0 saturated heterocycles. The number of carbonyl (C=O) groups excluding carboxylic acids is 1. The first-order chi connectivity index (χ1) is 16.2. The standard InChI is InChI=1S/C24H17ClN4O2S2/c1-31-19-10-9-16(18-13-32-23(27-18)17-4-2-3-11-26-17)21-20(19)28-24(33-21)29-22(30)15-7-5-14(12-25)6-8-15/h2-11,13H,12H2,1H3,(H,28,29,30). The fourth-order valence-corrected chi connectivity index (χ4v) is 5.30. The number of halogens is 1. The molecule has 0 aliphatic carbocycles. The van der Waals surface area contributed by atoms with E-state index in [2.05, 4.69) is 15.3 Å². The number of hydrogen-bond acceptors (Lipinski definition) is 7. The summed E-state index contributed by atoms with van der Waals surface area (Å²) in [6.45, 7) is 0. The van der Waals surface area contributed by atoms with Gasteiger partial charge in [-0.2, -0.15) is 0 Å². The predicted octanol–water partition coefficient (Wildman–Crippen LogP) is 6.48. The highest BCUT2D eigenvalue weighted by atomic mass is 35.5. The molecule has 3 heterocycles. The van der Waals surface area contributed by atoms with E-state index < -0.39 is 0 Å². The summed E-state index contributed by atoms with van der Waals surface area (Å²) in [5.41, 5.74) is 4.75. The zero-order valence-corrected chi connectivity index (χ0v) is 19.8. The SMILES string of the molecule is COc1ccc(-c2csc(-c3ccccn3)n2)c2sc(NC(=O)c3ccc(CCl)cc3)nc12. The van der Waals surface area contributed by atoms with Crippen molar-refractivity contribution in [2.75, 3.05) is 12.4 Å². The number of nitrogens with zero attached hydrogens (tertiary/aromatic N) is 3. The first-order valence-electron chi connectivity index (χ1n) is 9.97. The van der Waals surface area contributed by atoms with Gasteiger partial charge in [0.1, 0.15) is 16.3 Å². The second-order valence-corrected chi connectivity index (χ2v) is 9.17. The minimum Gasteiger partial charge on any atom is -0.494 e. The first-order valence-corrected chi connectivity index (χ1v) is 12.2. The summed E-state index contributed by atoms with van der Waals surface area (Å²) in [5.74, 6) is 0.806. The number of rotatable bonds is 6. The molecule has 0 saturated carbocycles. The third-order valence-corrected chi connectivity index (χ3v) is 7.16. The number of carbonyl (C=O) groups is 1. The monoisotopic (exact) mass is 492 g/mol. The summed E-state index contributed by atoms with van der Waals surface area (Å²) in [6.07, 6.45) is 1.75. The summed E-state index contributed by atoms with van der Waals surface area (Å²) in [7, 11) is 1.60. The van der Waals surface area contributed by atoms with Gasteiger partial charge < -0.3 is 4.74 Å². The van der Waals surface area contributed by atoms with E-state index in [4.69, 9.17) is 21.3 Å². The zero-order chi connectivity index (χ0) is 22.8. The van der Waals surface area contributed by atoms with Crippen LogP contribution in [0.3, 0.4) is 0 Å². The number of amides is 1. The molecule has 1 amide bonds. The number of pyridine rings is 1. The Labute approximate surface area is 202 Å². The molecular formula is C24H17ClN4O2S2. The van der Waals surface area contributed by atoms with Gasteiger partial charge >= 0.3 is 0 Å². The first kappa shape index (κ1) is 21.5. The molecule has 0 unspecified atom stereocenters. The molecular weight excluding hydrogens is 476 g/mol. The van der Waals surface area contributed by atoms with Crippen molar-refractivity contribution >= 4 is 55.5 Å². The quantitative estimate of drug-likeness (QED) is 0.274.